The molecule has 176 valence electrons. The molecule has 0 spiro atoms. The summed E-state index contributed by atoms with van der Waals surface area (Å²) >= 11 is 0. The fraction of sp³-hybridized carbons (Fsp3) is 0.517. The zero-order chi connectivity index (χ0) is 23.5. The summed E-state index contributed by atoms with van der Waals surface area (Å²) in [4.78, 5) is 12.5. The van der Waals surface area contributed by atoms with Gasteiger partial charge >= 0.3 is 5.97 Å². The minimum Gasteiger partial charge on any atom is -0.494 e. The molecule has 0 radical (unpaired) electrons. The Morgan fingerprint density at radius 3 is 2.21 bits per heavy atom. The minimum atomic E-state index is -0.396. The molecule has 0 amide bonds. The number of ether oxygens (including phenoxy) is 2. The summed E-state index contributed by atoms with van der Waals surface area (Å²) in [7, 11) is 0. The summed E-state index contributed by atoms with van der Waals surface area (Å²) in [5.41, 5.74) is 1.15. The summed E-state index contributed by atoms with van der Waals surface area (Å²) in [5, 5.41) is 9.73. The molecule has 0 N–H and O–H groups in total. The zero-order valence-corrected chi connectivity index (χ0v) is 20.1. The first-order valence-electron chi connectivity index (χ1n) is 12.6. The highest BCUT2D eigenvalue weighted by Gasteiger charge is 2.55. The average molecular weight is 448 g/mol. The van der Waals surface area contributed by atoms with E-state index in [1.54, 1.807) is 24.3 Å². The first kappa shape index (κ1) is 24.8. The SMILES string of the molecule is CCCCCCCCOc1ccc(C(=O)Oc2ccc([C@@]3(C#N)C[C@@H]3CCCC)cc2)cc1. The summed E-state index contributed by atoms with van der Waals surface area (Å²) in [6, 6.07) is 17.1. The summed E-state index contributed by atoms with van der Waals surface area (Å²) in [5.74, 6) is 1.31. The van der Waals surface area contributed by atoms with E-state index >= 15 is 0 Å². The second-order valence-electron chi connectivity index (χ2n) is 9.18. The Kier molecular flexibility index (Phi) is 9.36. The number of carbonyl (C=O) groups excluding carboxylic acids is 1. The molecular formula is C29H37NO3. The number of hydrogen-bond acceptors (Lipinski definition) is 4. The zero-order valence-electron chi connectivity index (χ0n) is 20.1. The highest BCUT2D eigenvalue weighted by atomic mass is 16.5. The van der Waals surface area contributed by atoms with Crippen LogP contribution in [0.2, 0.25) is 0 Å². The van der Waals surface area contributed by atoms with Crippen LogP contribution in [0.15, 0.2) is 48.5 Å². The number of esters is 1. The molecule has 0 unspecified atom stereocenters. The van der Waals surface area contributed by atoms with Crippen LogP contribution < -0.4 is 9.47 Å². The van der Waals surface area contributed by atoms with Crippen LogP contribution in [0.3, 0.4) is 0 Å². The molecule has 4 heteroatoms. The van der Waals surface area contributed by atoms with E-state index in [-0.39, 0.29) is 5.41 Å². The van der Waals surface area contributed by atoms with E-state index in [0.717, 1.165) is 43.4 Å². The predicted octanol–water partition coefficient (Wildman–Crippen LogP) is 7.62. The third-order valence-electron chi connectivity index (χ3n) is 6.65. The summed E-state index contributed by atoms with van der Waals surface area (Å²) in [6.07, 6.45) is 11.7. The Hall–Kier alpha value is -2.80. The van der Waals surface area contributed by atoms with E-state index in [1.807, 2.05) is 24.3 Å². The number of benzene rings is 2. The first-order valence-corrected chi connectivity index (χ1v) is 12.6. The molecule has 0 heterocycles. The van der Waals surface area contributed by atoms with Gasteiger partial charge in [0.2, 0.25) is 0 Å². The maximum atomic E-state index is 12.5. The fourth-order valence-electron chi connectivity index (χ4n) is 4.43. The van der Waals surface area contributed by atoms with Gasteiger partial charge in [0, 0.05) is 0 Å². The van der Waals surface area contributed by atoms with Crippen molar-refractivity contribution >= 4 is 5.97 Å². The van der Waals surface area contributed by atoms with Gasteiger partial charge in [-0.25, -0.2) is 4.79 Å². The fourth-order valence-corrected chi connectivity index (χ4v) is 4.43. The monoisotopic (exact) mass is 447 g/mol. The van der Waals surface area contributed by atoms with Crippen LogP contribution in [-0.4, -0.2) is 12.6 Å². The first-order chi connectivity index (χ1) is 16.1. The molecule has 33 heavy (non-hydrogen) atoms. The number of nitrogens with zero attached hydrogens (tertiary/aromatic N) is 1. The molecular weight excluding hydrogens is 410 g/mol. The van der Waals surface area contributed by atoms with Crippen molar-refractivity contribution < 1.29 is 14.3 Å². The Bertz CT molecular complexity index is 913. The van der Waals surface area contributed by atoms with Gasteiger partial charge in [-0.1, -0.05) is 70.9 Å². The highest BCUT2D eigenvalue weighted by Crippen LogP contribution is 2.56. The summed E-state index contributed by atoms with van der Waals surface area (Å²) in [6.45, 7) is 5.10. The van der Waals surface area contributed by atoms with E-state index in [4.69, 9.17) is 9.47 Å². The Morgan fingerprint density at radius 1 is 0.909 bits per heavy atom. The van der Waals surface area contributed by atoms with Crippen molar-refractivity contribution in [2.75, 3.05) is 6.61 Å². The van der Waals surface area contributed by atoms with Gasteiger partial charge in [-0.3, -0.25) is 0 Å². The maximum absolute atomic E-state index is 12.5. The lowest BCUT2D eigenvalue weighted by molar-refractivity contribution is 0.0734. The molecule has 2 aromatic rings. The van der Waals surface area contributed by atoms with Crippen molar-refractivity contribution in [3.8, 4) is 17.6 Å². The van der Waals surface area contributed by atoms with Crippen molar-refractivity contribution in [2.24, 2.45) is 5.92 Å². The normalized spacial score (nSPS) is 19.0. The average Bonchev–Trinajstić information content (AvgIpc) is 3.57. The van der Waals surface area contributed by atoms with E-state index in [1.165, 1.54) is 32.1 Å². The molecule has 1 fully saturated rings. The van der Waals surface area contributed by atoms with Gasteiger partial charge in [0.05, 0.1) is 23.7 Å². The van der Waals surface area contributed by atoms with Crippen LogP contribution in [-0.2, 0) is 5.41 Å². The molecule has 2 aromatic carbocycles. The van der Waals surface area contributed by atoms with Gasteiger partial charge < -0.3 is 9.47 Å². The maximum Gasteiger partial charge on any atom is 0.343 e. The molecule has 3 rings (SSSR count). The van der Waals surface area contributed by atoms with Gasteiger partial charge in [0.15, 0.2) is 0 Å². The van der Waals surface area contributed by atoms with Crippen molar-refractivity contribution in [2.45, 2.75) is 83.5 Å². The van der Waals surface area contributed by atoms with Crippen molar-refractivity contribution in [3.63, 3.8) is 0 Å². The predicted molar refractivity (Wildman–Crippen MR) is 132 cm³/mol. The van der Waals surface area contributed by atoms with Crippen LogP contribution in [0.5, 0.6) is 11.5 Å². The van der Waals surface area contributed by atoms with Crippen LogP contribution in [0.4, 0.5) is 0 Å². The van der Waals surface area contributed by atoms with Gasteiger partial charge in [-0.2, -0.15) is 5.26 Å². The van der Waals surface area contributed by atoms with Gasteiger partial charge in [-0.15, -0.1) is 0 Å². The molecule has 0 bridgehead atoms. The molecule has 1 aliphatic carbocycles. The second-order valence-corrected chi connectivity index (χ2v) is 9.18. The topological polar surface area (TPSA) is 59.3 Å². The third kappa shape index (κ3) is 6.84. The van der Waals surface area contributed by atoms with E-state index in [0.29, 0.717) is 23.8 Å². The number of nitriles is 1. The lowest BCUT2D eigenvalue weighted by Crippen LogP contribution is -2.10. The summed E-state index contributed by atoms with van der Waals surface area (Å²) < 4.78 is 11.3. The Balaban J connectivity index is 1.46. The van der Waals surface area contributed by atoms with E-state index in [2.05, 4.69) is 19.9 Å². The standard InChI is InChI=1S/C29H37NO3/c1-3-5-7-8-9-10-20-32-26-16-12-23(13-17-26)28(31)33-27-18-14-24(15-19-27)29(22-30)21-25(29)11-6-4-2/h12-19,25H,3-11,20-21H2,1-2H3/t25-,29-/m0/s1. The van der Waals surface area contributed by atoms with Crippen LogP contribution >= 0.6 is 0 Å². The van der Waals surface area contributed by atoms with E-state index < -0.39 is 5.97 Å². The lowest BCUT2D eigenvalue weighted by atomic mass is 9.93. The number of hydrogen-bond donors (Lipinski definition) is 0. The molecule has 1 aliphatic rings. The van der Waals surface area contributed by atoms with Crippen molar-refractivity contribution in [1.29, 1.82) is 5.26 Å². The van der Waals surface area contributed by atoms with Crippen LogP contribution in [0.1, 0.15) is 94.0 Å². The van der Waals surface area contributed by atoms with Crippen molar-refractivity contribution in [3.05, 3.63) is 59.7 Å². The molecule has 4 nitrogen and oxygen atoms in total. The molecule has 0 aromatic heterocycles. The number of carbonyl (C=O) groups is 1. The molecule has 0 aliphatic heterocycles. The second kappa shape index (κ2) is 12.4. The number of unbranched alkanes of at least 4 members (excludes halogenated alkanes) is 6. The lowest BCUT2D eigenvalue weighted by Gasteiger charge is -2.11. The van der Waals surface area contributed by atoms with Crippen LogP contribution in [0, 0.1) is 17.2 Å². The van der Waals surface area contributed by atoms with E-state index in [9.17, 15) is 10.1 Å². The third-order valence-corrected chi connectivity index (χ3v) is 6.65. The molecule has 0 saturated heterocycles. The smallest absolute Gasteiger partial charge is 0.343 e. The minimum absolute atomic E-state index is 0.358. The quantitative estimate of drug-likeness (QED) is 0.170. The van der Waals surface area contributed by atoms with Gasteiger partial charge in [0.1, 0.15) is 11.5 Å². The number of rotatable bonds is 14. The molecule has 2 atom stereocenters. The van der Waals surface area contributed by atoms with Gasteiger partial charge in [0.25, 0.3) is 0 Å². The largest absolute Gasteiger partial charge is 0.494 e. The Labute approximate surface area is 198 Å². The molecule has 1 saturated carbocycles. The Morgan fingerprint density at radius 2 is 1.55 bits per heavy atom. The van der Waals surface area contributed by atoms with Crippen LogP contribution in [0.25, 0.3) is 0 Å². The highest BCUT2D eigenvalue weighted by molar-refractivity contribution is 5.91. The van der Waals surface area contributed by atoms with Crippen molar-refractivity contribution in [1.82, 2.24) is 0 Å². The van der Waals surface area contributed by atoms with Gasteiger partial charge in [-0.05, 0) is 67.1 Å².